The summed E-state index contributed by atoms with van der Waals surface area (Å²) in [6, 6.07) is 12.8. The number of benzene rings is 1. The fourth-order valence-electron chi connectivity index (χ4n) is 2.39. The molecule has 0 atom stereocenters. The van der Waals surface area contributed by atoms with Crippen LogP contribution in [-0.4, -0.2) is 9.38 Å². The van der Waals surface area contributed by atoms with Gasteiger partial charge in [-0.05, 0) is 35.2 Å². The van der Waals surface area contributed by atoms with Crippen LogP contribution in [0.4, 0.5) is 0 Å². The first-order valence-corrected chi connectivity index (χ1v) is 7.03. The fourth-order valence-corrected chi connectivity index (χ4v) is 2.39. The predicted molar refractivity (Wildman–Crippen MR) is 81.7 cm³/mol. The van der Waals surface area contributed by atoms with Crippen molar-refractivity contribution in [3.63, 3.8) is 0 Å². The second kappa shape index (κ2) is 5.47. The van der Waals surface area contributed by atoms with E-state index in [2.05, 4.69) is 46.8 Å². The minimum Gasteiger partial charge on any atom is -0.326 e. The van der Waals surface area contributed by atoms with Gasteiger partial charge in [0.25, 0.3) is 0 Å². The second-order valence-corrected chi connectivity index (χ2v) is 5.08. The number of nitrogens with zero attached hydrogens (tertiary/aromatic N) is 2. The number of fused-ring (bicyclic) bond motifs is 1. The van der Waals surface area contributed by atoms with Crippen molar-refractivity contribution in [3.05, 3.63) is 71.2 Å². The van der Waals surface area contributed by atoms with Gasteiger partial charge in [-0.1, -0.05) is 31.2 Å². The van der Waals surface area contributed by atoms with Crippen LogP contribution in [0.2, 0.25) is 0 Å². The van der Waals surface area contributed by atoms with Gasteiger partial charge in [-0.3, -0.25) is 0 Å². The zero-order valence-electron chi connectivity index (χ0n) is 11.7. The first-order valence-electron chi connectivity index (χ1n) is 7.03. The van der Waals surface area contributed by atoms with Crippen LogP contribution in [0.1, 0.15) is 29.3 Å². The maximum absolute atomic E-state index is 5.66. The highest BCUT2D eigenvalue weighted by Crippen LogP contribution is 2.13. The summed E-state index contributed by atoms with van der Waals surface area (Å²) in [5.41, 5.74) is 11.5. The first-order chi connectivity index (χ1) is 9.78. The van der Waals surface area contributed by atoms with E-state index in [1.807, 2.05) is 18.3 Å². The summed E-state index contributed by atoms with van der Waals surface area (Å²) in [5.74, 6) is 0. The summed E-state index contributed by atoms with van der Waals surface area (Å²) in [4.78, 5) is 4.67. The lowest BCUT2D eigenvalue weighted by Gasteiger charge is -2.00. The maximum atomic E-state index is 5.66. The molecule has 2 N–H and O–H groups in total. The molecular weight excluding hydrogens is 246 g/mol. The van der Waals surface area contributed by atoms with Crippen LogP contribution in [0.5, 0.6) is 0 Å². The molecule has 2 heterocycles. The Balaban J connectivity index is 1.86. The van der Waals surface area contributed by atoms with Gasteiger partial charge in [0.15, 0.2) is 0 Å². The third-order valence-electron chi connectivity index (χ3n) is 3.63. The van der Waals surface area contributed by atoms with Crippen molar-refractivity contribution in [1.82, 2.24) is 9.38 Å². The van der Waals surface area contributed by atoms with Gasteiger partial charge < -0.3 is 10.1 Å². The molecule has 2 aromatic heterocycles. The van der Waals surface area contributed by atoms with E-state index in [1.165, 1.54) is 11.1 Å². The zero-order chi connectivity index (χ0) is 13.9. The molecule has 1 aromatic carbocycles. The monoisotopic (exact) mass is 265 g/mol. The second-order valence-electron chi connectivity index (χ2n) is 5.08. The lowest BCUT2D eigenvalue weighted by molar-refractivity contribution is 1.05. The van der Waals surface area contributed by atoms with Gasteiger partial charge in [-0.2, -0.15) is 0 Å². The summed E-state index contributed by atoms with van der Waals surface area (Å²) in [7, 11) is 0. The Labute approximate surface area is 119 Å². The highest BCUT2D eigenvalue weighted by atomic mass is 15.0. The van der Waals surface area contributed by atoms with Crippen molar-refractivity contribution in [2.45, 2.75) is 26.3 Å². The average Bonchev–Trinajstić information content (AvgIpc) is 2.89. The van der Waals surface area contributed by atoms with E-state index in [0.717, 1.165) is 29.7 Å². The molecule has 0 aliphatic rings. The van der Waals surface area contributed by atoms with E-state index >= 15 is 0 Å². The van der Waals surface area contributed by atoms with Crippen LogP contribution in [0.3, 0.4) is 0 Å². The number of hydrogen-bond donors (Lipinski definition) is 1. The minimum absolute atomic E-state index is 0.553. The van der Waals surface area contributed by atoms with Gasteiger partial charge in [0.2, 0.25) is 0 Å². The molecule has 0 fully saturated rings. The Kier molecular flexibility index (Phi) is 3.52. The Morgan fingerprint density at radius 3 is 2.50 bits per heavy atom. The van der Waals surface area contributed by atoms with Crippen LogP contribution in [0.15, 0.2) is 48.8 Å². The van der Waals surface area contributed by atoms with Crippen molar-refractivity contribution in [1.29, 1.82) is 0 Å². The normalized spacial score (nSPS) is 11.1. The molecule has 0 unspecified atom stereocenters. The minimum atomic E-state index is 0.553. The van der Waals surface area contributed by atoms with Gasteiger partial charge >= 0.3 is 0 Å². The van der Waals surface area contributed by atoms with Gasteiger partial charge in [0.05, 0.1) is 5.69 Å². The molecule has 0 aliphatic heterocycles. The molecule has 0 aliphatic carbocycles. The van der Waals surface area contributed by atoms with Crippen LogP contribution in [0, 0.1) is 0 Å². The molecule has 0 radical (unpaired) electrons. The Morgan fingerprint density at radius 1 is 1.05 bits per heavy atom. The lowest BCUT2D eigenvalue weighted by atomic mass is 10.1. The highest BCUT2D eigenvalue weighted by Gasteiger charge is 2.03. The number of rotatable bonds is 4. The summed E-state index contributed by atoms with van der Waals surface area (Å²) in [5, 5.41) is 0. The molecule has 3 rings (SSSR count). The topological polar surface area (TPSA) is 43.3 Å². The first kappa shape index (κ1) is 12.9. The number of hydrogen-bond acceptors (Lipinski definition) is 2. The van der Waals surface area contributed by atoms with E-state index in [9.17, 15) is 0 Å². The van der Waals surface area contributed by atoms with E-state index in [4.69, 9.17) is 5.73 Å². The largest absolute Gasteiger partial charge is 0.326 e. The predicted octanol–water partition coefficient (Wildman–Crippen LogP) is 2.95. The highest BCUT2D eigenvalue weighted by molar-refractivity contribution is 5.43. The van der Waals surface area contributed by atoms with E-state index in [-0.39, 0.29) is 0 Å². The molecule has 0 saturated heterocycles. The maximum Gasteiger partial charge on any atom is 0.137 e. The standard InChI is InChI=1S/C17H19N3/c1-2-13-3-5-14(6-4-13)9-16-12-20-8-7-15(11-18)10-17(20)19-16/h3-8,10,12H,2,9,11,18H2,1H3. The van der Waals surface area contributed by atoms with Gasteiger partial charge in [-0.25, -0.2) is 4.98 Å². The number of aryl methyl sites for hydroxylation is 1. The van der Waals surface area contributed by atoms with Crippen molar-refractivity contribution in [3.8, 4) is 0 Å². The lowest BCUT2D eigenvalue weighted by Crippen LogP contribution is -1.96. The Hall–Kier alpha value is -2.13. The molecule has 3 heteroatoms. The van der Waals surface area contributed by atoms with E-state index < -0.39 is 0 Å². The SMILES string of the molecule is CCc1ccc(Cc2cn3ccc(CN)cc3n2)cc1. The van der Waals surface area contributed by atoms with Crippen molar-refractivity contribution < 1.29 is 0 Å². The summed E-state index contributed by atoms with van der Waals surface area (Å²) in [6.45, 7) is 2.73. The number of nitrogens with two attached hydrogens (primary N) is 1. The Bertz CT molecular complexity index is 711. The number of aromatic nitrogens is 2. The molecule has 0 amide bonds. The van der Waals surface area contributed by atoms with Crippen LogP contribution in [-0.2, 0) is 19.4 Å². The van der Waals surface area contributed by atoms with Crippen LogP contribution >= 0.6 is 0 Å². The fraction of sp³-hybridized carbons (Fsp3) is 0.235. The van der Waals surface area contributed by atoms with Crippen molar-refractivity contribution in [2.24, 2.45) is 5.73 Å². The molecule has 0 saturated carbocycles. The molecule has 3 aromatic rings. The molecule has 102 valence electrons. The van der Waals surface area contributed by atoms with Gasteiger partial charge in [-0.15, -0.1) is 0 Å². The zero-order valence-corrected chi connectivity index (χ0v) is 11.7. The number of pyridine rings is 1. The molecule has 3 nitrogen and oxygen atoms in total. The third kappa shape index (κ3) is 2.58. The van der Waals surface area contributed by atoms with Crippen LogP contribution in [0.25, 0.3) is 5.65 Å². The summed E-state index contributed by atoms with van der Waals surface area (Å²) in [6.07, 6.45) is 6.05. The van der Waals surface area contributed by atoms with Crippen molar-refractivity contribution in [2.75, 3.05) is 0 Å². The smallest absolute Gasteiger partial charge is 0.137 e. The van der Waals surface area contributed by atoms with E-state index in [1.54, 1.807) is 0 Å². The average molecular weight is 265 g/mol. The van der Waals surface area contributed by atoms with Gasteiger partial charge in [0.1, 0.15) is 5.65 Å². The van der Waals surface area contributed by atoms with Crippen molar-refractivity contribution >= 4 is 5.65 Å². The van der Waals surface area contributed by atoms with Crippen LogP contribution < -0.4 is 5.73 Å². The molecule has 0 spiro atoms. The molecule has 0 bridgehead atoms. The number of imidazole rings is 1. The third-order valence-corrected chi connectivity index (χ3v) is 3.63. The summed E-state index contributed by atoms with van der Waals surface area (Å²) >= 11 is 0. The van der Waals surface area contributed by atoms with Gasteiger partial charge in [0, 0.05) is 25.4 Å². The Morgan fingerprint density at radius 2 is 1.80 bits per heavy atom. The summed E-state index contributed by atoms with van der Waals surface area (Å²) < 4.78 is 2.05. The molecule has 20 heavy (non-hydrogen) atoms. The molecular formula is C17H19N3. The quantitative estimate of drug-likeness (QED) is 0.788. The van der Waals surface area contributed by atoms with E-state index in [0.29, 0.717) is 6.54 Å².